The lowest BCUT2D eigenvalue weighted by Gasteiger charge is -2.30. The fourth-order valence-electron chi connectivity index (χ4n) is 1.98. The molecule has 1 aliphatic rings. The molecule has 2 heterocycles. The van der Waals surface area contributed by atoms with Crippen LogP contribution < -0.4 is 0 Å². The predicted octanol–water partition coefficient (Wildman–Crippen LogP) is -0.0424. The lowest BCUT2D eigenvalue weighted by atomic mass is 9.99. The summed E-state index contributed by atoms with van der Waals surface area (Å²) in [7, 11) is 0. The summed E-state index contributed by atoms with van der Waals surface area (Å²) < 4.78 is 0. The lowest BCUT2D eigenvalue weighted by molar-refractivity contribution is 0.0609. The molecule has 16 heavy (non-hydrogen) atoms. The topological polar surface area (TPSA) is 82.1 Å². The van der Waals surface area contributed by atoms with Crippen molar-refractivity contribution >= 4 is 5.91 Å². The molecule has 1 saturated heterocycles. The number of aromatic nitrogens is 3. The Morgan fingerprint density at radius 1 is 1.69 bits per heavy atom. The molecule has 0 saturated carbocycles. The van der Waals surface area contributed by atoms with Gasteiger partial charge in [-0.3, -0.25) is 9.89 Å². The smallest absolute Gasteiger partial charge is 0.293 e. The Labute approximate surface area is 93.7 Å². The molecule has 6 heteroatoms. The van der Waals surface area contributed by atoms with Crippen molar-refractivity contribution in [1.82, 2.24) is 20.1 Å². The fraction of sp³-hybridized carbons (Fsp3) is 0.700. The molecule has 2 rings (SSSR count). The van der Waals surface area contributed by atoms with Gasteiger partial charge in [-0.1, -0.05) is 0 Å². The van der Waals surface area contributed by atoms with Crippen LogP contribution in [-0.4, -0.2) is 50.8 Å². The standard InChI is InChI=1S/C10H16N4O2/c1-7-11-9(13-12-7)10(16)14-4-2-3-8(5-14)6-15/h8,15H,2-6H2,1H3,(H,11,12,13). The number of carbonyl (C=O) groups is 1. The summed E-state index contributed by atoms with van der Waals surface area (Å²) >= 11 is 0. The van der Waals surface area contributed by atoms with Gasteiger partial charge in [0.1, 0.15) is 5.82 Å². The first kappa shape index (κ1) is 11.1. The molecule has 6 nitrogen and oxygen atoms in total. The first-order valence-corrected chi connectivity index (χ1v) is 5.50. The van der Waals surface area contributed by atoms with Crippen molar-refractivity contribution in [3.05, 3.63) is 11.6 Å². The largest absolute Gasteiger partial charge is 0.396 e. The Hall–Kier alpha value is -1.43. The highest BCUT2D eigenvalue weighted by molar-refractivity contribution is 5.90. The van der Waals surface area contributed by atoms with Gasteiger partial charge >= 0.3 is 0 Å². The minimum atomic E-state index is -0.150. The number of H-pyrrole nitrogens is 1. The van der Waals surface area contributed by atoms with Crippen LogP contribution in [0.5, 0.6) is 0 Å². The minimum Gasteiger partial charge on any atom is -0.396 e. The van der Waals surface area contributed by atoms with Crippen LogP contribution in [0.25, 0.3) is 0 Å². The number of aromatic amines is 1. The summed E-state index contributed by atoms with van der Waals surface area (Å²) in [5, 5.41) is 15.6. The first-order valence-electron chi connectivity index (χ1n) is 5.50. The molecular formula is C10H16N4O2. The number of piperidine rings is 1. The van der Waals surface area contributed by atoms with E-state index in [9.17, 15) is 4.79 Å². The number of nitrogens with one attached hydrogen (secondary N) is 1. The summed E-state index contributed by atoms with van der Waals surface area (Å²) in [5.41, 5.74) is 0. The number of likely N-dealkylation sites (tertiary alicyclic amines) is 1. The van der Waals surface area contributed by atoms with Crippen LogP contribution in [0.2, 0.25) is 0 Å². The Bertz CT molecular complexity index is 377. The molecule has 1 aromatic heterocycles. The van der Waals surface area contributed by atoms with Crippen LogP contribution in [0.4, 0.5) is 0 Å². The number of aliphatic hydroxyl groups is 1. The highest BCUT2D eigenvalue weighted by Gasteiger charge is 2.26. The van der Waals surface area contributed by atoms with Crippen LogP contribution in [0.3, 0.4) is 0 Å². The molecule has 2 N–H and O–H groups in total. The number of carbonyl (C=O) groups excluding carboxylic acids is 1. The predicted molar refractivity (Wildman–Crippen MR) is 56.8 cm³/mol. The molecule has 1 aliphatic heterocycles. The van der Waals surface area contributed by atoms with E-state index in [1.807, 2.05) is 0 Å². The summed E-state index contributed by atoms with van der Waals surface area (Å²) in [6.07, 6.45) is 1.91. The van der Waals surface area contributed by atoms with Gasteiger partial charge in [0.25, 0.3) is 5.91 Å². The summed E-state index contributed by atoms with van der Waals surface area (Å²) in [6.45, 7) is 3.22. The van der Waals surface area contributed by atoms with E-state index < -0.39 is 0 Å². The monoisotopic (exact) mass is 224 g/mol. The Morgan fingerprint density at radius 3 is 3.12 bits per heavy atom. The zero-order chi connectivity index (χ0) is 11.5. The highest BCUT2D eigenvalue weighted by Crippen LogP contribution is 2.16. The maximum Gasteiger partial charge on any atom is 0.293 e. The maximum absolute atomic E-state index is 12.0. The van der Waals surface area contributed by atoms with Crippen molar-refractivity contribution in [1.29, 1.82) is 0 Å². The third-order valence-electron chi connectivity index (χ3n) is 2.85. The lowest BCUT2D eigenvalue weighted by Crippen LogP contribution is -2.41. The number of aryl methyl sites for hydroxylation is 1. The zero-order valence-electron chi connectivity index (χ0n) is 9.31. The number of nitrogens with zero attached hydrogens (tertiary/aromatic N) is 3. The molecule has 88 valence electrons. The van der Waals surface area contributed by atoms with Gasteiger partial charge in [0.15, 0.2) is 0 Å². The van der Waals surface area contributed by atoms with E-state index in [0.29, 0.717) is 12.4 Å². The molecule has 0 spiro atoms. The first-order chi connectivity index (χ1) is 7.70. The molecule has 0 aliphatic carbocycles. The van der Waals surface area contributed by atoms with E-state index in [4.69, 9.17) is 5.11 Å². The van der Waals surface area contributed by atoms with Gasteiger partial charge in [-0.2, -0.15) is 0 Å². The van der Waals surface area contributed by atoms with E-state index in [1.165, 1.54) is 0 Å². The molecular weight excluding hydrogens is 208 g/mol. The minimum absolute atomic E-state index is 0.136. The van der Waals surface area contributed by atoms with Crippen molar-refractivity contribution in [2.75, 3.05) is 19.7 Å². The second kappa shape index (κ2) is 4.61. The molecule has 1 fully saturated rings. The van der Waals surface area contributed by atoms with Crippen LogP contribution in [0.1, 0.15) is 29.3 Å². The van der Waals surface area contributed by atoms with Crippen LogP contribution >= 0.6 is 0 Å². The quantitative estimate of drug-likeness (QED) is 0.738. The average Bonchev–Trinajstić information content (AvgIpc) is 2.75. The van der Waals surface area contributed by atoms with Crippen molar-refractivity contribution in [3.63, 3.8) is 0 Å². The van der Waals surface area contributed by atoms with Gasteiger partial charge in [-0.05, 0) is 25.7 Å². The summed E-state index contributed by atoms with van der Waals surface area (Å²) in [4.78, 5) is 17.7. The number of hydrogen-bond donors (Lipinski definition) is 2. The molecule has 0 aromatic carbocycles. The number of aliphatic hydroxyl groups excluding tert-OH is 1. The van der Waals surface area contributed by atoms with Gasteiger partial charge in [0.2, 0.25) is 5.82 Å². The summed E-state index contributed by atoms with van der Waals surface area (Å²) in [6, 6.07) is 0. The van der Waals surface area contributed by atoms with E-state index in [-0.39, 0.29) is 24.3 Å². The van der Waals surface area contributed by atoms with Crippen molar-refractivity contribution < 1.29 is 9.90 Å². The zero-order valence-corrected chi connectivity index (χ0v) is 9.31. The molecule has 0 bridgehead atoms. The second-order valence-electron chi connectivity index (χ2n) is 4.19. The number of amides is 1. The van der Waals surface area contributed by atoms with Crippen LogP contribution in [0, 0.1) is 12.8 Å². The van der Waals surface area contributed by atoms with Crippen molar-refractivity contribution in [3.8, 4) is 0 Å². The van der Waals surface area contributed by atoms with Gasteiger partial charge < -0.3 is 10.0 Å². The van der Waals surface area contributed by atoms with Crippen LogP contribution in [-0.2, 0) is 0 Å². The Kier molecular flexibility index (Phi) is 3.19. The van der Waals surface area contributed by atoms with Crippen LogP contribution in [0.15, 0.2) is 0 Å². The van der Waals surface area contributed by atoms with Crippen molar-refractivity contribution in [2.24, 2.45) is 5.92 Å². The molecule has 1 atom stereocenters. The Balaban J connectivity index is 2.04. The van der Waals surface area contributed by atoms with E-state index in [1.54, 1.807) is 11.8 Å². The maximum atomic E-state index is 12.0. The van der Waals surface area contributed by atoms with Gasteiger partial charge in [-0.25, -0.2) is 4.98 Å². The molecule has 1 aromatic rings. The van der Waals surface area contributed by atoms with Gasteiger partial charge in [0, 0.05) is 19.7 Å². The number of hydrogen-bond acceptors (Lipinski definition) is 4. The molecule has 1 unspecified atom stereocenters. The fourth-order valence-corrected chi connectivity index (χ4v) is 1.98. The normalized spacial score (nSPS) is 21.1. The third kappa shape index (κ3) is 2.21. The van der Waals surface area contributed by atoms with E-state index >= 15 is 0 Å². The number of rotatable bonds is 2. The van der Waals surface area contributed by atoms with E-state index in [0.717, 1.165) is 19.4 Å². The average molecular weight is 224 g/mol. The van der Waals surface area contributed by atoms with Gasteiger partial charge in [-0.15, -0.1) is 5.10 Å². The second-order valence-corrected chi connectivity index (χ2v) is 4.19. The molecule has 0 radical (unpaired) electrons. The Morgan fingerprint density at radius 2 is 2.50 bits per heavy atom. The highest BCUT2D eigenvalue weighted by atomic mass is 16.3. The third-order valence-corrected chi connectivity index (χ3v) is 2.85. The van der Waals surface area contributed by atoms with E-state index in [2.05, 4.69) is 15.2 Å². The van der Waals surface area contributed by atoms with Crippen molar-refractivity contribution in [2.45, 2.75) is 19.8 Å². The molecule has 1 amide bonds. The summed E-state index contributed by atoms with van der Waals surface area (Å²) in [5.74, 6) is 0.899. The van der Waals surface area contributed by atoms with Gasteiger partial charge in [0.05, 0.1) is 0 Å². The SMILES string of the molecule is Cc1nc(C(=O)N2CCCC(CO)C2)n[nH]1.